The predicted molar refractivity (Wildman–Crippen MR) is 85.1 cm³/mol. The van der Waals surface area contributed by atoms with Crippen LogP contribution in [0.2, 0.25) is 0 Å². The third-order valence-corrected chi connectivity index (χ3v) is 3.01. The van der Waals surface area contributed by atoms with Crippen LogP contribution in [-0.4, -0.2) is 12.0 Å². The first-order valence-electron chi connectivity index (χ1n) is 8.03. The van der Waals surface area contributed by atoms with Gasteiger partial charge in [-0.05, 0) is 13.0 Å². The highest BCUT2D eigenvalue weighted by Crippen LogP contribution is 2.03. The summed E-state index contributed by atoms with van der Waals surface area (Å²) < 4.78 is 0. The Balaban J connectivity index is -0.000000238. The molecule has 0 fully saturated rings. The average Bonchev–Trinajstić information content (AvgIpc) is 2.36. The predicted octanol–water partition coefficient (Wildman–Crippen LogP) is 4.85. The first-order chi connectivity index (χ1) is 8.33. The van der Waals surface area contributed by atoms with Crippen molar-refractivity contribution in [2.45, 2.75) is 97.8 Å². The molecule has 0 aromatic carbocycles. The lowest BCUT2D eigenvalue weighted by molar-refractivity contribution is 0.612. The lowest BCUT2D eigenvalue weighted by atomic mass is 10.1. The van der Waals surface area contributed by atoms with Crippen molar-refractivity contribution >= 4 is 0 Å². The SMILES string of the molecule is CCCCCCCC.CCCCCCCCN.O. The molecule has 0 radical (unpaired) electrons. The van der Waals surface area contributed by atoms with E-state index in [0.29, 0.717) is 0 Å². The van der Waals surface area contributed by atoms with E-state index in [1.54, 1.807) is 0 Å². The highest BCUT2D eigenvalue weighted by molar-refractivity contribution is 4.43. The average molecular weight is 261 g/mol. The van der Waals surface area contributed by atoms with Gasteiger partial charge in [0.15, 0.2) is 0 Å². The summed E-state index contributed by atoms with van der Waals surface area (Å²) in [4.78, 5) is 0. The van der Waals surface area contributed by atoms with Gasteiger partial charge in [-0.15, -0.1) is 0 Å². The Morgan fingerprint density at radius 1 is 0.500 bits per heavy atom. The summed E-state index contributed by atoms with van der Waals surface area (Å²) in [5.74, 6) is 0. The van der Waals surface area contributed by atoms with Gasteiger partial charge < -0.3 is 11.2 Å². The third kappa shape index (κ3) is 29.7. The van der Waals surface area contributed by atoms with Crippen LogP contribution in [-0.2, 0) is 0 Å². The van der Waals surface area contributed by atoms with Crippen molar-refractivity contribution in [1.29, 1.82) is 0 Å². The van der Waals surface area contributed by atoms with Gasteiger partial charge >= 0.3 is 0 Å². The molecule has 4 N–H and O–H groups in total. The summed E-state index contributed by atoms with van der Waals surface area (Å²) in [6, 6.07) is 0. The monoisotopic (exact) mass is 261 g/mol. The van der Waals surface area contributed by atoms with Gasteiger partial charge in [0.25, 0.3) is 0 Å². The molecule has 0 bridgehead atoms. The van der Waals surface area contributed by atoms with Crippen LogP contribution in [0.25, 0.3) is 0 Å². The van der Waals surface area contributed by atoms with E-state index in [-0.39, 0.29) is 5.48 Å². The summed E-state index contributed by atoms with van der Waals surface area (Å²) >= 11 is 0. The second-order valence-electron chi connectivity index (χ2n) is 4.97. The quantitative estimate of drug-likeness (QED) is 0.531. The third-order valence-electron chi connectivity index (χ3n) is 3.01. The lowest BCUT2D eigenvalue weighted by Gasteiger charge is -1.96. The zero-order chi connectivity index (χ0) is 13.2. The van der Waals surface area contributed by atoms with Gasteiger partial charge in [0, 0.05) is 0 Å². The van der Waals surface area contributed by atoms with E-state index in [9.17, 15) is 0 Å². The van der Waals surface area contributed by atoms with Gasteiger partial charge in [0.1, 0.15) is 0 Å². The molecule has 0 aliphatic heterocycles. The summed E-state index contributed by atoms with van der Waals surface area (Å²) in [7, 11) is 0. The summed E-state index contributed by atoms with van der Waals surface area (Å²) in [6.07, 6.45) is 16.5. The summed E-state index contributed by atoms with van der Waals surface area (Å²) in [6.45, 7) is 7.62. The van der Waals surface area contributed by atoms with Crippen LogP contribution < -0.4 is 5.73 Å². The van der Waals surface area contributed by atoms with Crippen LogP contribution in [0.5, 0.6) is 0 Å². The Morgan fingerprint density at radius 3 is 1.06 bits per heavy atom. The van der Waals surface area contributed by atoms with Crippen LogP contribution in [0.4, 0.5) is 0 Å². The van der Waals surface area contributed by atoms with Crippen molar-refractivity contribution in [1.82, 2.24) is 0 Å². The van der Waals surface area contributed by atoms with E-state index in [0.717, 1.165) is 6.54 Å². The van der Waals surface area contributed by atoms with Crippen LogP contribution in [0, 0.1) is 0 Å². The zero-order valence-corrected chi connectivity index (χ0v) is 13.3. The molecule has 2 nitrogen and oxygen atoms in total. The highest BCUT2D eigenvalue weighted by Gasteiger charge is 1.86. The molecule has 0 aromatic rings. The Hall–Kier alpha value is -0.0800. The fraction of sp³-hybridized carbons (Fsp3) is 1.00. The minimum atomic E-state index is 0. The van der Waals surface area contributed by atoms with Crippen molar-refractivity contribution in [3.05, 3.63) is 0 Å². The molecule has 0 saturated carbocycles. The van der Waals surface area contributed by atoms with Crippen LogP contribution >= 0.6 is 0 Å². The Morgan fingerprint density at radius 2 is 0.778 bits per heavy atom. The van der Waals surface area contributed by atoms with Crippen LogP contribution in [0.3, 0.4) is 0 Å². The van der Waals surface area contributed by atoms with E-state index in [1.165, 1.54) is 77.0 Å². The van der Waals surface area contributed by atoms with Gasteiger partial charge in [-0.1, -0.05) is 91.4 Å². The first kappa shape index (κ1) is 23.0. The maximum atomic E-state index is 5.34. The van der Waals surface area contributed by atoms with E-state index in [4.69, 9.17) is 5.73 Å². The standard InChI is InChI=1S/C8H19N.C8H18.H2O/c1-2-3-4-5-6-7-8-9;1-3-5-7-8-6-4-2;/h2-9H2,1H3;3-8H2,1-2H3;1H2. The number of hydrogen-bond donors (Lipinski definition) is 1. The molecule has 0 rings (SSSR count). The zero-order valence-electron chi connectivity index (χ0n) is 13.3. The largest absolute Gasteiger partial charge is 0.412 e. The maximum Gasteiger partial charge on any atom is -0.00773 e. The van der Waals surface area contributed by atoms with Crippen molar-refractivity contribution < 1.29 is 5.48 Å². The van der Waals surface area contributed by atoms with Crippen molar-refractivity contribution in [3.63, 3.8) is 0 Å². The molecule has 0 aliphatic rings. The van der Waals surface area contributed by atoms with E-state index in [1.807, 2.05) is 0 Å². The van der Waals surface area contributed by atoms with Gasteiger partial charge in [0.2, 0.25) is 0 Å². The molecule has 0 saturated heterocycles. The maximum absolute atomic E-state index is 5.34. The Bertz CT molecular complexity index is 95.3. The Labute approximate surface area is 116 Å². The molecule has 0 aliphatic carbocycles. The number of hydrogen-bond acceptors (Lipinski definition) is 1. The smallest absolute Gasteiger partial charge is 0.00773 e. The normalized spacial score (nSPS) is 9.33. The van der Waals surface area contributed by atoms with Crippen LogP contribution in [0.1, 0.15) is 97.8 Å². The van der Waals surface area contributed by atoms with E-state index >= 15 is 0 Å². The Kier molecular flexibility index (Phi) is 32.9. The topological polar surface area (TPSA) is 57.5 Å². The fourth-order valence-electron chi connectivity index (χ4n) is 1.78. The highest BCUT2D eigenvalue weighted by atomic mass is 16.0. The number of unbranched alkanes of at least 4 members (excludes halogenated alkanes) is 10. The summed E-state index contributed by atoms with van der Waals surface area (Å²) in [5.41, 5.74) is 5.34. The van der Waals surface area contributed by atoms with E-state index < -0.39 is 0 Å². The molecular formula is C16H39NO. The minimum Gasteiger partial charge on any atom is -0.412 e. The van der Waals surface area contributed by atoms with Gasteiger partial charge in [-0.25, -0.2) is 0 Å². The molecule has 0 aromatic heterocycles. The molecule has 0 spiro atoms. The number of rotatable bonds is 11. The molecule has 0 amide bonds. The second kappa shape index (κ2) is 25.7. The van der Waals surface area contributed by atoms with Gasteiger partial charge in [0.05, 0.1) is 0 Å². The fourth-order valence-corrected chi connectivity index (χ4v) is 1.78. The summed E-state index contributed by atoms with van der Waals surface area (Å²) in [5, 5.41) is 0. The molecule has 0 unspecified atom stereocenters. The molecular weight excluding hydrogens is 222 g/mol. The minimum absolute atomic E-state index is 0. The van der Waals surface area contributed by atoms with Crippen LogP contribution in [0.15, 0.2) is 0 Å². The molecule has 0 atom stereocenters. The lowest BCUT2D eigenvalue weighted by Crippen LogP contribution is -1.97. The first-order valence-corrected chi connectivity index (χ1v) is 8.03. The number of nitrogens with two attached hydrogens (primary N) is 1. The van der Waals surface area contributed by atoms with Gasteiger partial charge in [-0.3, -0.25) is 0 Å². The van der Waals surface area contributed by atoms with Gasteiger partial charge in [-0.2, -0.15) is 0 Å². The second-order valence-corrected chi connectivity index (χ2v) is 4.97. The molecule has 18 heavy (non-hydrogen) atoms. The van der Waals surface area contributed by atoms with E-state index in [2.05, 4.69) is 20.8 Å². The molecule has 0 heterocycles. The van der Waals surface area contributed by atoms with Crippen molar-refractivity contribution in [2.75, 3.05) is 6.54 Å². The molecule has 114 valence electrons. The van der Waals surface area contributed by atoms with Crippen molar-refractivity contribution in [2.24, 2.45) is 5.73 Å². The molecule has 2 heteroatoms. The van der Waals surface area contributed by atoms with Crippen molar-refractivity contribution in [3.8, 4) is 0 Å².